The highest BCUT2D eigenvalue weighted by atomic mass is 32.1. The summed E-state index contributed by atoms with van der Waals surface area (Å²) in [6, 6.07) is 2.15. The first-order chi connectivity index (χ1) is 8.07. The molecule has 1 aliphatic rings. The lowest BCUT2D eigenvalue weighted by Crippen LogP contribution is -2.50. The molecule has 0 radical (unpaired) electrons. The van der Waals surface area contributed by atoms with Crippen molar-refractivity contribution < 1.29 is 4.79 Å². The molecule has 0 unspecified atom stereocenters. The fourth-order valence-electron chi connectivity index (χ4n) is 2.22. The highest BCUT2D eigenvalue weighted by molar-refractivity contribution is 7.12. The molecule has 1 aromatic rings. The normalized spacial score (nSPS) is 17.6. The van der Waals surface area contributed by atoms with Crippen LogP contribution in [-0.2, 0) is 11.3 Å². The molecule has 1 fully saturated rings. The van der Waals surface area contributed by atoms with Crippen LogP contribution in [0.3, 0.4) is 0 Å². The minimum atomic E-state index is -0.263. The van der Waals surface area contributed by atoms with Crippen LogP contribution in [0, 0.1) is 19.3 Å². The summed E-state index contributed by atoms with van der Waals surface area (Å²) in [6.45, 7) is 5.32. The molecule has 1 heterocycles. The number of thiophene rings is 1. The van der Waals surface area contributed by atoms with Gasteiger partial charge in [0.25, 0.3) is 0 Å². The molecule has 0 spiro atoms. The summed E-state index contributed by atoms with van der Waals surface area (Å²) in [4.78, 5) is 14.6. The second kappa shape index (κ2) is 4.78. The molecule has 4 heteroatoms. The van der Waals surface area contributed by atoms with Crippen LogP contribution in [0.15, 0.2) is 6.07 Å². The maximum Gasteiger partial charge on any atom is 0.227 e. The molecule has 0 aromatic carbocycles. The third kappa shape index (κ3) is 2.38. The summed E-state index contributed by atoms with van der Waals surface area (Å²) in [5.41, 5.74) is 6.75. The second-order valence-corrected chi connectivity index (χ2v) is 6.31. The van der Waals surface area contributed by atoms with E-state index in [9.17, 15) is 4.79 Å². The van der Waals surface area contributed by atoms with E-state index in [1.54, 1.807) is 11.3 Å². The average Bonchev–Trinajstić information content (AvgIpc) is 2.55. The van der Waals surface area contributed by atoms with Crippen molar-refractivity contribution in [2.24, 2.45) is 11.1 Å². The third-order valence-corrected chi connectivity index (χ3v) is 4.98. The van der Waals surface area contributed by atoms with Gasteiger partial charge < -0.3 is 11.1 Å². The Bertz CT molecular complexity index is 396. The Hall–Kier alpha value is -0.870. The highest BCUT2D eigenvalue weighted by Crippen LogP contribution is 2.40. The topological polar surface area (TPSA) is 55.1 Å². The zero-order valence-corrected chi connectivity index (χ0v) is 11.3. The van der Waals surface area contributed by atoms with Gasteiger partial charge in [0, 0.05) is 16.3 Å². The van der Waals surface area contributed by atoms with E-state index in [4.69, 9.17) is 5.73 Å². The van der Waals surface area contributed by atoms with Crippen LogP contribution in [0.5, 0.6) is 0 Å². The molecule has 1 aromatic heterocycles. The molecular formula is C13H20N2OS. The Morgan fingerprint density at radius 1 is 1.53 bits per heavy atom. The molecular weight excluding hydrogens is 232 g/mol. The highest BCUT2D eigenvalue weighted by Gasteiger charge is 2.42. The lowest BCUT2D eigenvalue weighted by atomic mass is 9.68. The van der Waals surface area contributed by atoms with Crippen LogP contribution < -0.4 is 11.1 Å². The number of carbonyl (C=O) groups excluding carboxylic acids is 1. The molecule has 0 aliphatic heterocycles. The number of nitrogens with one attached hydrogen (secondary N) is 1. The quantitative estimate of drug-likeness (QED) is 0.862. The fourth-order valence-corrected chi connectivity index (χ4v) is 3.21. The average molecular weight is 252 g/mol. The maximum absolute atomic E-state index is 12.1. The summed E-state index contributed by atoms with van der Waals surface area (Å²) in [5, 5.41) is 3.02. The largest absolute Gasteiger partial charge is 0.351 e. The first-order valence-electron chi connectivity index (χ1n) is 6.12. The SMILES string of the molecule is Cc1cc(CNC(=O)C2(CN)CCC2)sc1C. The van der Waals surface area contributed by atoms with Crippen molar-refractivity contribution in [3.05, 3.63) is 21.4 Å². The Balaban J connectivity index is 1.92. The molecule has 3 N–H and O–H groups in total. The number of hydrogen-bond donors (Lipinski definition) is 2. The van der Waals surface area contributed by atoms with Gasteiger partial charge in [-0.25, -0.2) is 0 Å². The minimum Gasteiger partial charge on any atom is -0.351 e. The molecule has 1 aliphatic carbocycles. The molecule has 0 saturated heterocycles. The Kier molecular flexibility index (Phi) is 3.54. The first kappa shape index (κ1) is 12.6. The molecule has 0 bridgehead atoms. The van der Waals surface area contributed by atoms with Crippen LogP contribution >= 0.6 is 11.3 Å². The van der Waals surface area contributed by atoms with E-state index >= 15 is 0 Å². The number of carbonyl (C=O) groups is 1. The zero-order chi connectivity index (χ0) is 12.5. The molecule has 94 valence electrons. The van der Waals surface area contributed by atoms with E-state index in [0.717, 1.165) is 19.3 Å². The van der Waals surface area contributed by atoms with Gasteiger partial charge in [0.15, 0.2) is 0 Å². The number of amides is 1. The molecule has 2 rings (SSSR count). The predicted octanol–water partition coefficient (Wildman–Crippen LogP) is 2.11. The summed E-state index contributed by atoms with van der Waals surface area (Å²) >= 11 is 1.75. The van der Waals surface area contributed by atoms with Crippen LogP contribution in [0.4, 0.5) is 0 Å². The van der Waals surface area contributed by atoms with Crippen molar-refractivity contribution >= 4 is 17.2 Å². The number of hydrogen-bond acceptors (Lipinski definition) is 3. The van der Waals surface area contributed by atoms with Crippen molar-refractivity contribution in [2.75, 3.05) is 6.54 Å². The predicted molar refractivity (Wildman–Crippen MR) is 71.0 cm³/mol. The van der Waals surface area contributed by atoms with E-state index in [2.05, 4.69) is 25.2 Å². The monoisotopic (exact) mass is 252 g/mol. The van der Waals surface area contributed by atoms with Gasteiger partial charge in [-0.3, -0.25) is 4.79 Å². The third-order valence-electron chi connectivity index (χ3n) is 3.82. The summed E-state index contributed by atoms with van der Waals surface area (Å²) in [7, 11) is 0. The van der Waals surface area contributed by atoms with Gasteiger partial charge in [0.05, 0.1) is 12.0 Å². The molecule has 17 heavy (non-hydrogen) atoms. The van der Waals surface area contributed by atoms with E-state index in [1.165, 1.54) is 15.3 Å². The molecule has 3 nitrogen and oxygen atoms in total. The van der Waals surface area contributed by atoms with E-state index in [0.29, 0.717) is 13.1 Å². The van der Waals surface area contributed by atoms with Crippen molar-refractivity contribution in [1.29, 1.82) is 0 Å². The lowest BCUT2D eigenvalue weighted by Gasteiger charge is -2.39. The van der Waals surface area contributed by atoms with Gasteiger partial charge in [-0.1, -0.05) is 6.42 Å². The summed E-state index contributed by atoms with van der Waals surface area (Å²) in [6.07, 6.45) is 3.01. The Morgan fingerprint density at radius 3 is 2.65 bits per heavy atom. The van der Waals surface area contributed by atoms with Crippen molar-refractivity contribution in [1.82, 2.24) is 5.32 Å². The second-order valence-electron chi connectivity index (χ2n) is 4.97. The van der Waals surface area contributed by atoms with Gasteiger partial charge in [-0.15, -0.1) is 11.3 Å². The van der Waals surface area contributed by atoms with Crippen molar-refractivity contribution in [2.45, 2.75) is 39.7 Å². The minimum absolute atomic E-state index is 0.134. The van der Waals surface area contributed by atoms with Crippen LogP contribution in [0.25, 0.3) is 0 Å². The van der Waals surface area contributed by atoms with Crippen molar-refractivity contribution in [3.8, 4) is 0 Å². The van der Waals surface area contributed by atoms with Gasteiger partial charge >= 0.3 is 0 Å². The summed E-state index contributed by atoms with van der Waals surface area (Å²) < 4.78 is 0. The van der Waals surface area contributed by atoms with Crippen LogP contribution in [0.1, 0.15) is 34.6 Å². The summed E-state index contributed by atoms with van der Waals surface area (Å²) in [5.74, 6) is 0.134. The molecule has 0 atom stereocenters. The number of rotatable bonds is 4. The number of aryl methyl sites for hydroxylation is 2. The Morgan fingerprint density at radius 2 is 2.24 bits per heavy atom. The zero-order valence-electron chi connectivity index (χ0n) is 10.5. The smallest absolute Gasteiger partial charge is 0.227 e. The van der Waals surface area contributed by atoms with Gasteiger partial charge in [-0.2, -0.15) is 0 Å². The maximum atomic E-state index is 12.1. The standard InChI is InChI=1S/C13H20N2OS/c1-9-6-11(17-10(9)2)7-15-12(16)13(8-14)4-3-5-13/h6H,3-5,7-8,14H2,1-2H3,(H,15,16). The fraction of sp³-hybridized carbons (Fsp3) is 0.615. The van der Waals surface area contributed by atoms with E-state index in [1.807, 2.05) is 0 Å². The van der Waals surface area contributed by atoms with Crippen molar-refractivity contribution in [3.63, 3.8) is 0 Å². The van der Waals surface area contributed by atoms with Crippen LogP contribution in [0.2, 0.25) is 0 Å². The van der Waals surface area contributed by atoms with Gasteiger partial charge in [0.2, 0.25) is 5.91 Å². The molecule has 1 amide bonds. The van der Waals surface area contributed by atoms with E-state index < -0.39 is 0 Å². The van der Waals surface area contributed by atoms with Crippen LogP contribution in [-0.4, -0.2) is 12.5 Å². The molecule has 1 saturated carbocycles. The van der Waals surface area contributed by atoms with E-state index in [-0.39, 0.29) is 11.3 Å². The first-order valence-corrected chi connectivity index (χ1v) is 6.93. The lowest BCUT2D eigenvalue weighted by molar-refractivity contribution is -0.135. The van der Waals surface area contributed by atoms with Gasteiger partial charge in [0.1, 0.15) is 0 Å². The number of nitrogens with two attached hydrogens (primary N) is 1. The van der Waals surface area contributed by atoms with Gasteiger partial charge in [-0.05, 0) is 38.3 Å². The Labute approximate surface area is 106 Å².